The Morgan fingerprint density at radius 3 is 2.29 bits per heavy atom. The molecule has 0 heterocycles. The SMILES string of the molecule is COc1ccc(CCNc2ccc(C(=O)O)cc2S(=O)(=O)NC(C)(C)C)cc1. The van der Waals surface area contributed by atoms with Gasteiger partial charge in [-0.1, -0.05) is 12.1 Å². The molecule has 0 aliphatic carbocycles. The van der Waals surface area contributed by atoms with Crippen LogP contribution in [0.4, 0.5) is 5.69 Å². The quantitative estimate of drug-likeness (QED) is 0.622. The van der Waals surface area contributed by atoms with Crippen molar-refractivity contribution in [1.82, 2.24) is 4.72 Å². The summed E-state index contributed by atoms with van der Waals surface area (Å²) in [6, 6.07) is 11.6. The highest BCUT2D eigenvalue weighted by Gasteiger charge is 2.25. The lowest BCUT2D eigenvalue weighted by Gasteiger charge is -2.22. The molecule has 2 aromatic carbocycles. The zero-order valence-electron chi connectivity index (χ0n) is 16.4. The van der Waals surface area contributed by atoms with Gasteiger partial charge in [0.15, 0.2) is 0 Å². The molecule has 152 valence electrons. The third kappa shape index (κ3) is 5.97. The highest BCUT2D eigenvalue weighted by atomic mass is 32.2. The molecule has 0 bridgehead atoms. The van der Waals surface area contributed by atoms with E-state index in [1.807, 2.05) is 24.3 Å². The van der Waals surface area contributed by atoms with Gasteiger partial charge in [0.25, 0.3) is 0 Å². The van der Waals surface area contributed by atoms with Crippen LogP contribution in [0.1, 0.15) is 36.7 Å². The average Bonchev–Trinajstić information content (AvgIpc) is 2.60. The molecule has 0 saturated heterocycles. The second kappa shape index (κ2) is 8.62. The summed E-state index contributed by atoms with van der Waals surface area (Å²) in [5, 5.41) is 12.3. The first kappa shape index (κ1) is 21.7. The van der Waals surface area contributed by atoms with E-state index in [9.17, 15) is 18.3 Å². The molecule has 0 saturated carbocycles. The van der Waals surface area contributed by atoms with Crippen LogP contribution in [-0.4, -0.2) is 38.7 Å². The summed E-state index contributed by atoms with van der Waals surface area (Å²) >= 11 is 0. The summed E-state index contributed by atoms with van der Waals surface area (Å²) < 4.78 is 33.3. The Bertz CT molecular complexity index is 932. The van der Waals surface area contributed by atoms with Crippen LogP contribution >= 0.6 is 0 Å². The van der Waals surface area contributed by atoms with E-state index < -0.39 is 21.5 Å². The summed E-state index contributed by atoms with van der Waals surface area (Å²) in [5.41, 5.74) is 0.635. The molecular weight excluding hydrogens is 380 g/mol. The minimum atomic E-state index is -3.90. The van der Waals surface area contributed by atoms with Crippen LogP contribution in [0.2, 0.25) is 0 Å². The number of carbonyl (C=O) groups is 1. The standard InChI is InChI=1S/C20H26N2O5S/c1-20(2,3)22-28(25,26)18-13-15(19(23)24)7-10-17(18)21-12-11-14-5-8-16(27-4)9-6-14/h5-10,13,21-22H,11-12H2,1-4H3,(H,23,24). The van der Waals surface area contributed by atoms with E-state index in [1.54, 1.807) is 27.9 Å². The van der Waals surface area contributed by atoms with Gasteiger partial charge in [0.2, 0.25) is 10.0 Å². The number of hydrogen-bond donors (Lipinski definition) is 3. The van der Waals surface area contributed by atoms with Crippen LogP contribution in [0.25, 0.3) is 0 Å². The van der Waals surface area contributed by atoms with Gasteiger partial charge in [0, 0.05) is 12.1 Å². The number of hydrogen-bond acceptors (Lipinski definition) is 5. The lowest BCUT2D eigenvalue weighted by Crippen LogP contribution is -2.40. The highest BCUT2D eigenvalue weighted by Crippen LogP contribution is 2.24. The van der Waals surface area contributed by atoms with Gasteiger partial charge in [-0.3, -0.25) is 0 Å². The van der Waals surface area contributed by atoms with E-state index in [-0.39, 0.29) is 10.5 Å². The molecule has 28 heavy (non-hydrogen) atoms. The fourth-order valence-corrected chi connectivity index (χ4v) is 4.24. The number of carboxylic acids is 1. The molecule has 0 spiro atoms. The number of aromatic carboxylic acids is 1. The zero-order chi connectivity index (χ0) is 20.9. The minimum Gasteiger partial charge on any atom is -0.497 e. The number of benzene rings is 2. The Morgan fingerprint density at radius 2 is 1.75 bits per heavy atom. The van der Waals surface area contributed by atoms with E-state index in [0.29, 0.717) is 18.7 Å². The number of nitrogens with one attached hydrogen (secondary N) is 2. The molecule has 2 aromatic rings. The average molecular weight is 407 g/mol. The predicted octanol–water partition coefficient (Wildman–Crippen LogP) is 3.12. The van der Waals surface area contributed by atoms with Gasteiger partial charge in [-0.2, -0.15) is 0 Å². The Hall–Kier alpha value is -2.58. The van der Waals surface area contributed by atoms with Crippen molar-refractivity contribution in [2.24, 2.45) is 0 Å². The van der Waals surface area contributed by atoms with Crippen molar-refractivity contribution >= 4 is 21.7 Å². The first-order chi connectivity index (χ1) is 13.0. The smallest absolute Gasteiger partial charge is 0.335 e. The number of carboxylic acid groups (broad SMARTS) is 1. The number of rotatable bonds is 8. The van der Waals surface area contributed by atoms with Crippen molar-refractivity contribution in [3.8, 4) is 5.75 Å². The third-order valence-electron chi connectivity index (χ3n) is 3.85. The Balaban J connectivity index is 2.23. The second-order valence-electron chi connectivity index (χ2n) is 7.40. The number of methoxy groups -OCH3 is 1. The molecule has 0 fully saturated rings. The maximum atomic E-state index is 12.8. The molecule has 0 unspecified atom stereocenters. The van der Waals surface area contributed by atoms with Crippen molar-refractivity contribution < 1.29 is 23.1 Å². The van der Waals surface area contributed by atoms with Crippen molar-refractivity contribution in [2.45, 2.75) is 37.6 Å². The van der Waals surface area contributed by atoms with E-state index >= 15 is 0 Å². The molecule has 3 N–H and O–H groups in total. The number of ether oxygens (including phenoxy) is 1. The van der Waals surface area contributed by atoms with Crippen LogP contribution in [0.15, 0.2) is 47.4 Å². The normalized spacial score (nSPS) is 11.9. The van der Waals surface area contributed by atoms with Gasteiger partial charge in [0.05, 0.1) is 18.4 Å². The first-order valence-corrected chi connectivity index (χ1v) is 10.3. The molecule has 7 nitrogen and oxygen atoms in total. The van der Waals surface area contributed by atoms with Crippen molar-refractivity contribution in [3.63, 3.8) is 0 Å². The van der Waals surface area contributed by atoms with Gasteiger partial charge < -0.3 is 15.2 Å². The molecule has 0 aliphatic heterocycles. The molecular formula is C20H26N2O5S. The number of anilines is 1. The lowest BCUT2D eigenvalue weighted by molar-refractivity contribution is 0.0696. The second-order valence-corrected chi connectivity index (χ2v) is 9.05. The van der Waals surface area contributed by atoms with Crippen LogP contribution < -0.4 is 14.8 Å². The minimum absolute atomic E-state index is 0.0861. The fourth-order valence-electron chi connectivity index (χ4n) is 2.62. The Morgan fingerprint density at radius 1 is 1.11 bits per heavy atom. The molecule has 0 aromatic heterocycles. The summed E-state index contributed by atoms with van der Waals surface area (Å²) in [6.45, 7) is 5.66. The van der Waals surface area contributed by atoms with E-state index in [2.05, 4.69) is 10.0 Å². The summed E-state index contributed by atoms with van der Waals surface area (Å²) in [4.78, 5) is 11.2. The first-order valence-electron chi connectivity index (χ1n) is 8.80. The van der Waals surface area contributed by atoms with Crippen molar-refractivity contribution in [3.05, 3.63) is 53.6 Å². The predicted molar refractivity (Wildman–Crippen MR) is 109 cm³/mol. The van der Waals surface area contributed by atoms with E-state index in [1.165, 1.54) is 18.2 Å². The molecule has 2 rings (SSSR count). The highest BCUT2D eigenvalue weighted by molar-refractivity contribution is 7.89. The van der Waals surface area contributed by atoms with E-state index in [4.69, 9.17) is 4.74 Å². The van der Waals surface area contributed by atoms with Gasteiger partial charge >= 0.3 is 5.97 Å². The Kier molecular flexibility index (Phi) is 6.69. The zero-order valence-corrected chi connectivity index (χ0v) is 17.3. The van der Waals surface area contributed by atoms with Crippen LogP contribution in [0, 0.1) is 0 Å². The topological polar surface area (TPSA) is 105 Å². The van der Waals surface area contributed by atoms with Crippen LogP contribution in [0.5, 0.6) is 5.75 Å². The van der Waals surface area contributed by atoms with Gasteiger partial charge in [-0.15, -0.1) is 0 Å². The lowest BCUT2D eigenvalue weighted by atomic mass is 10.1. The molecule has 8 heteroatoms. The molecule has 0 aliphatic rings. The summed E-state index contributed by atoms with van der Waals surface area (Å²) in [6.07, 6.45) is 0.664. The van der Waals surface area contributed by atoms with Gasteiger partial charge in [0.1, 0.15) is 10.6 Å². The summed E-state index contributed by atoms with van der Waals surface area (Å²) in [5.74, 6) is -0.417. The molecule has 0 amide bonds. The van der Waals surface area contributed by atoms with Crippen molar-refractivity contribution in [2.75, 3.05) is 19.0 Å². The third-order valence-corrected chi connectivity index (χ3v) is 5.64. The maximum Gasteiger partial charge on any atom is 0.335 e. The summed E-state index contributed by atoms with van der Waals surface area (Å²) in [7, 11) is -2.30. The van der Waals surface area contributed by atoms with E-state index in [0.717, 1.165) is 11.3 Å². The van der Waals surface area contributed by atoms with Crippen LogP contribution in [0.3, 0.4) is 0 Å². The largest absolute Gasteiger partial charge is 0.497 e. The maximum absolute atomic E-state index is 12.8. The van der Waals surface area contributed by atoms with Crippen LogP contribution in [-0.2, 0) is 16.4 Å². The molecule has 0 radical (unpaired) electrons. The fraction of sp³-hybridized carbons (Fsp3) is 0.350. The van der Waals surface area contributed by atoms with Crippen molar-refractivity contribution in [1.29, 1.82) is 0 Å². The number of sulfonamides is 1. The molecule has 0 atom stereocenters. The van der Waals surface area contributed by atoms with Gasteiger partial charge in [-0.05, 0) is 63.1 Å². The monoisotopic (exact) mass is 406 g/mol. The van der Waals surface area contributed by atoms with Gasteiger partial charge in [-0.25, -0.2) is 17.9 Å². The Labute approximate surface area is 165 Å².